The van der Waals surface area contributed by atoms with Crippen LogP contribution in [0.3, 0.4) is 0 Å². The van der Waals surface area contributed by atoms with Gasteiger partial charge in [-0.2, -0.15) is 0 Å². The highest BCUT2D eigenvalue weighted by atomic mass is 16.6. The Morgan fingerprint density at radius 2 is 2.04 bits per heavy atom. The molecule has 116 valence electrons. The number of hydrogen-bond donors (Lipinski definition) is 2. The van der Waals surface area contributed by atoms with E-state index in [1.54, 1.807) is 0 Å². The highest BCUT2D eigenvalue weighted by Crippen LogP contribution is 2.36. The summed E-state index contributed by atoms with van der Waals surface area (Å²) in [5, 5.41) is 20.3. The first-order valence-electron chi connectivity index (χ1n) is 6.51. The minimum absolute atomic E-state index is 0.0624. The maximum Gasteiger partial charge on any atom is 0.271 e. The molecule has 2 aromatic carbocycles. The summed E-state index contributed by atoms with van der Waals surface area (Å²) in [6.07, 6.45) is 2.66. The number of nitrogen functional groups attached to an aromatic ring is 1. The van der Waals surface area contributed by atoms with Crippen molar-refractivity contribution in [3.63, 3.8) is 0 Å². The SMILES string of the molecule is Nc1cc(C(=O)N2C=COc3ccc([N+](=O)[O-])cc32)ccc1O. The second kappa shape index (κ2) is 5.34. The summed E-state index contributed by atoms with van der Waals surface area (Å²) in [5.41, 5.74) is 5.97. The van der Waals surface area contributed by atoms with Crippen molar-refractivity contribution in [2.45, 2.75) is 0 Å². The van der Waals surface area contributed by atoms with Crippen molar-refractivity contribution in [2.75, 3.05) is 10.6 Å². The van der Waals surface area contributed by atoms with Gasteiger partial charge in [-0.3, -0.25) is 19.8 Å². The lowest BCUT2D eigenvalue weighted by atomic mass is 10.1. The van der Waals surface area contributed by atoms with Crippen LogP contribution in [0.25, 0.3) is 0 Å². The second-order valence-electron chi connectivity index (χ2n) is 4.76. The van der Waals surface area contributed by atoms with Gasteiger partial charge in [0.1, 0.15) is 12.0 Å². The Kier molecular flexibility index (Phi) is 3.34. The topological polar surface area (TPSA) is 119 Å². The molecule has 0 atom stereocenters. The minimum Gasteiger partial charge on any atom is -0.506 e. The van der Waals surface area contributed by atoms with Crippen LogP contribution in [0, 0.1) is 10.1 Å². The zero-order valence-corrected chi connectivity index (χ0v) is 11.7. The molecule has 0 fully saturated rings. The van der Waals surface area contributed by atoms with Crippen LogP contribution in [-0.4, -0.2) is 15.9 Å². The highest BCUT2D eigenvalue weighted by Gasteiger charge is 2.24. The van der Waals surface area contributed by atoms with E-state index in [4.69, 9.17) is 10.5 Å². The number of carbonyl (C=O) groups is 1. The van der Waals surface area contributed by atoms with E-state index in [0.717, 1.165) is 0 Å². The van der Waals surface area contributed by atoms with Crippen LogP contribution in [0.15, 0.2) is 48.9 Å². The molecule has 0 saturated heterocycles. The largest absolute Gasteiger partial charge is 0.506 e. The van der Waals surface area contributed by atoms with Gasteiger partial charge in [-0.25, -0.2) is 0 Å². The molecule has 0 saturated carbocycles. The zero-order valence-electron chi connectivity index (χ0n) is 11.7. The van der Waals surface area contributed by atoms with Crippen LogP contribution in [0.2, 0.25) is 0 Å². The van der Waals surface area contributed by atoms with Crippen LogP contribution in [0.4, 0.5) is 17.1 Å². The third-order valence-corrected chi connectivity index (χ3v) is 3.31. The quantitative estimate of drug-likeness (QED) is 0.380. The van der Waals surface area contributed by atoms with Gasteiger partial charge in [0.05, 0.1) is 16.3 Å². The molecular weight excluding hydrogens is 302 g/mol. The van der Waals surface area contributed by atoms with E-state index >= 15 is 0 Å². The lowest BCUT2D eigenvalue weighted by molar-refractivity contribution is -0.384. The summed E-state index contributed by atoms with van der Waals surface area (Å²) in [4.78, 5) is 24.2. The predicted octanol–water partition coefficient (Wildman–Crippen LogP) is 2.39. The Balaban J connectivity index is 2.03. The first-order chi connectivity index (χ1) is 11.0. The van der Waals surface area contributed by atoms with Gasteiger partial charge in [0.15, 0.2) is 5.75 Å². The summed E-state index contributed by atoms with van der Waals surface area (Å²) >= 11 is 0. The summed E-state index contributed by atoms with van der Waals surface area (Å²) in [6, 6.07) is 8.01. The lowest BCUT2D eigenvalue weighted by Crippen LogP contribution is -2.27. The van der Waals surface area contributed by atoms with Gasteiger partial charge >= 0.3 is 0 Å². The van der Waals surface area contributed by atoms with E-state index in [9.17, 15) is 20.0 Å². The zero-order chi connectivity index (χ0) is 16.6. The fraction of sp³-hybridized carbons (Fsp3) is 0. The molecule has 1 heterocycles. The number of nitrogens with two attached hydrogens (primary N) is 1. The average molecular weight is 313 g/mol. The molecule has 0 aliphatic carbocycles. The van der Waals surface area contributed by atoms with Crippen LogP contribution in [-0.2, 0) is 0 Å². The maximum absolute atomic E-state index is 12.6. The van der Waals surface area contributed by atoms with E-state index < -0.39 is 10.8 Å². The number of amides is 1. The third kappa shape index (κ3) is 2.53. The molecule has 0 spiro atoms. The summed E-state index contributed by atoms with van der Waals surface area (Å²) in [7, 11) is 0. The molecule has 0 aromatic heterocycles. The maximum atomic E-state index is 12.6. The fourth-order valence-corrected chi connectivity index (χ4v) is 2.16. The molecule has 3 rings (SSSR count). The third-order valence-electron chi connectivity index (χ3n) is 3.31. The number of carbonyl (C=O) groups excluding carboxylic acids is 1. The molecule has 23 heavy (non-hydrogen) atoms. The van der Waals surface area contributed by atoms with E-state index in [0.29, 0.717) is 5.75 Å². The van der Waals surface area contributed by atoms with Gasteiger partial charge < -0.3 is 15.6 Å². The smallest absolute Gasteiger partial charge is 0.271 e. The van der Waals surface area contributed by atoms with Gasteiger partial charge in [-0.05, 0) is 24.3 Å². The Morgan fingerprint density at radius 3 is 2.74 bits per heavy atom. The van der Waals surface area contributed by atoms with E-state index in [2.05, 4.69) is 0 Å². The fourth-order valence-electron chi connectivity index (χ4n) is 2.16. The highest BCUT2D eigenvalue weighted by molar-refractivity contribution is 6.09. The number of hydrogen-bond acceptors (Lipinski definition) is 6. The molecule has 1 aliphatic rings. The number of benzene rings is 2. The van der Waals surface area contributed by atoms with Crippen molar-refractivity contribution in [1.82, 2.24) is 0 Å². The number of nitro benzene ring substituents is 1. The minimum atomic E-state index is -0.556. The van der Waals surface area contributed by atoms with Gasteiger partial charge in [0, 0.05) is 23.9 Å². The Hall–Kier alpha value is -3.55. The van der Waals surface area contributed by atoms with Crippen molar-refractivity contribution in [3.05, 3.63) is 64.5 Å². The molecule has 0 bridgehead atoms. The average Bonchev–Trinajstić information content (AvgIpc) is 2.55. The number of aromatic hydroxyl groups is 1. The number of non-ortho nitro benzene ring substituents is 1. The van der Waals surface area contributed by atoms with Crippen LogP contribution < -0.4 is 15.4 Å². The molecule has 8 nitrogen and oxygen atoms in total. The van der Waals surface area contributed by atoms with Gasteiger partial charge in [0.25, 0.3) is 11.6 Å². The monoisotopic (exact) mass is 313 g/mol. The summed E-state index contributed by atoms with van der Waals surface area (Å²) in [5.74, 6) is -0.272. The number of rotatable bonds is 2. The number of anilines is 2. The molecule has 8 heteroatoms. The van der Waals surface area contributed by atoms with Crippen molar-refractivity contribution < 1.29 is 19.6 Å². The number of phenolic OH excluding ortho intramolecular Hbond substituents is 1. The number of nitro groups is 1. The molecule has 1 amide bonds. The second-order valence-corrected chi connectivity index (χ2v) is 4.76. The van der Waals surface area contributed by atoms with Gasteiger partial charge in [-0.1, -0.05) is 0 Å². The Labute approximate surface area is 130 Å². The van der Waals surface area contributed by atoms with Gasteiger partial charge in [-0.15, -0.1) is 0 Å². The normalized spacial score (nSPS) is 12.4. The number of ether oxygens (including phenoxy) is 1. The van der Waals surface area contributed by atoms with Crippen LogP contribution in [0.5, 0.6) is 11.5 Å². The molecule has 3 N–H and O–H groups in total. The molecule has 2 aromatic rings. The molecular formula is C15H11N3O5. The van der Waals surface area contributed by atoms with Crippen molar-refractivity contribution in [1.29, 1.82) is 0 Å². The Bertz CT molecular complexity index is 847. The van der Waals surface area contributed by atoms with Crippen molar-refractivity contribution >= 4 is 23.0 Å². The van der Waals surface area contributed by atoms with E-state index in [1.165, 1.54) is 53.8 Å². The van der Waals surface area contributed by atoms with E-state index in [-0.39, 0.29) is 28.4 Å². The molecule has 0 unspecified atom stereocenters. The van der Waals surface area contributed by atoms with Crippen LogP contribution >= 0.6 is 0 Å². The van der Waals surface area contributed by atoms with Crippen LogP contribution in [0.1, 0.15) is 10.4 Å². The first kappa shape index (κ1) is 14.4. The van der Waals surface area contributed by atoms with Crippen molar-refractivity contribution in [2.24, 2.45) is 0 Å². The van der Waals surface area contributed by atoms with Gasteiger partial charge in [0.2, 0.25) is 0 Å². The number of phenols is 1. The number of nitrogens with zero attached hydrogens (tertiary/aromatic N) is 2. The molecule has 1 aliphatic heterocycles. The summed E-state index contributed by atoms with van der Waals surface area (Å²) < 4.78 is 5.26. The van der Waals surface area contributed by atoms with E-state index in [1.807, 2.05) is 0 Å². The van der Waals surface area contributed by atoms with Crippen molar-refractivity contribution in [3.8, 4) is 11.5 Å². The first-order valence-corrected chi connectivity index (χ1v) is 6.51. The summed E-state index contributed by atoms with van der Waals surface area (Å²) in [6.45, 7) is 0. The number of fused-ring (bicyclic) bond motifs is 1. The predicted molar refractivity (Wildman–Crippen MR) is 82.2 cm³/mol. The Morgan fingerprint density at radius 1 is 1.26 bits per heavy atom. The molecule has 0 radical (unpaired) electrons. The lowest BCUT2D eigenvalue weighted by Gasteiger charge is -2.24. The standard InChI is InChI=1S/C15H11N3O5/c16-11-7-9(1-3-13(11)19)15(20)17-5-6-23-14-4-2-10(18(21)22)8-12(14)17/h1-8,19H,16H2.